The Balaban J connectivity index is 2.00. The van der Waals surface area contributed by atoms with Crippen LogP contribution in [0.5, 0.6) is 0 Å². The van der Waals surface area contributed by atoms with Crippen molar-refractivity contribution >= 4 is 6.03 Å². The van der Waals surface area contributed by atoms with Gasteiger partial charge in [-0.05, 0) is 31.6 Å². The summed E-state index contributed by atoms with van der Waals surface area (Å²) >= 11 is 0. The van der Waals surface area contributed by atoms with Crippen LogP contribution >= 0.6 is 0 Å². The van der Waals surface area contributed by atoms with Crippen LogP contribution in [0.15, 0.2) is 0 Å². The molecule has 13 heavy (non-hydrogen) atoms. The molecule has 2 amide bonds. The van der Waals surface area contributed by atoms with Crippen LogP contribution in [0.3, 0.4) is 0 Å². The van der Waals surface area contributed by atoms with Crippen LogP contribution in [0, 0.1) is 5.92 Å². The van der Waals surface area contributed by atoms with Crippen molar-refractivity contribution in [3.63, 3.8) is 0 Å². The molecule has 2 fully saturated rings. The number of carbonyl (C=O) groups is 1. The fourth-order valence-corrected chi connectivity index (χ4v) is 2.26. The Morgan fingerprint density at radius 3 is 2.54 bits per heavy atom. The molecule has 1 saturated carbocycles. The van der Waals surface area contributed by atoms with E-state index in [2.05, 4.69) is 4.90 Å². The second-order valence-electron chi connectivity index (χ2n) is 4.42. The number of amides is 2. The van der Waals surface area contributed by atoms with Crippen molar-refractivity contribution in [2.45, 2.75) is 31.7 Å². The molecule has 1 unspecified atom stereocenters. The summed E-state index contributed by atoms with van der Waals surface area (Å²) in [6.45, 7) is 0.970. The van der Waals surface area contributed by atoms with Gasteiger partial charge in [0.1, 0.15) is 0 Å². The minimum atomic E-state index is 0.203. The van der Waals surface area contributed by atoms with Gasteiger partial charge in [-0.15, -0.1) is 0 Å². The SMILES string of the molecule is CN(C)C(=O)N1CCCC1C1CC1. The summed E-state index contributed by atoms with van der Waals surface area (Å²) in [5.74, 6) is 0.825. The molecule has 1 aliphatic carbocycles. The van der Waals surface area contributed by atoms with E-state index in [1.165, 1.54) is 25.7 Å². The molecular weight excluding hydrogens is 164 g/mol. The van der Waals surface area contributed by atoms with E-state index >= 15 is 0 Å². The minimum absolute atomic E-state index is 0.203. The molecule has 1 saturated heterocycles. The van der Waals surface area contributed by atoms with Gasteiger partial charge in [0.25, 0.3) is 0 Å². The summed E-state index contributed by atoms with van der Waals surface area (Å²) in [7, 11) is 3.68. The fourth-order valence-electron chi connectivity index (χ4n) is 2.26. The van der Waals surface area contributed by atoms with Crippen LogP contribution in [0.1, 0.15) is 25.7 Å². The Labute approximate surface area is 79.7 Å². The first-order chi connectivity index (χ1) is 6.20. The number of hydrogen-bond acceptors (Lipinski definition) is 1. The first-order valence-corrected chi connectivity index (χ1v) is 5.18. The van der Waals surface area contributed by atoms with Gasteiger partial charge in [-0.25, -0.2) is 4.79 Å². The largest absolute Gasteiger partial charge is 0.331 e. The van der Waals surface area contributed by atoms with Gasteiger partial charge >= 0.3 is 6.03 Å². The van der Waals surface area contributed by atoms with E-state index in [4.69, 9.17) is 0 Å². The van der Waals surface area contributed by atoms with Crippen molar-refractivity contribution in [3.05, 3.63) is 0 Å². The highest BCUT2D eigenvalue weighted by Gasteiger charge is 2.40. The molecule has 1 atom stereocenters. The average molecular weight is 182 g/mol. The lowest BCUT2D eigenvalue weighted by Gasteiger charge is -2.27. The van der Waals surface area contributed by atoms with E-state index in [-0.39, 0.29) is 6.03 Å². The molecule has 2 rings (SSSR count). The molecule has 0 aromatic rings. The Hall–Kier alpha value is -0.730. The number of urea groups is 1. The van der Waals surface area contributed by atoms with Crippen LogP contribution in [0.2, 0.25) is 0 Å². The van der Waals surface area contributed by atoms with E-state index in [0.717, 1.165) is 12.5 Å². The molecule has 0 bridgehead atoms. The lowest BCUT2D eigenvalue weighted by molar-refractivity contribution is 0.161. The van der Waals surface area contributed by atoms with Gasteiger partial charge in [0.2, 0.25) is 0 Å². The molecule has 1 aliphatic heterocycles. The lowest BCUT2D eigenvalue weighted by Crippen LogP contribution is -2.42. The number of likely N-dealkylation sites (tertiary alicyclic amines) is 1. The van der Waals surface area contributed by atoms with Gasteiger partial charge in [0.15, 0.2) is 0 Å². The number of nitrogens with zero attached hydrogens (tertiary/aromatic N) is 2. The normalized spacial score (nSPS) is 27.8. The minimum Gasteiger partial charge on any atom is -0.331 e. The second-order valence-corrected chi connectivity index (χ2v) is 4.42. The summed E-state index contributed by atoms with van der Waals surface area (Å²) in [6, 6.07) is 0.768. The molecule has 3 nitrogen and oxygen atoms in total. The highest BCUT2D eigenvalue weighted by molar-refractivity contribution is 5.74. The fraction of sp³-hybridized carbons (Fsp3) is 0.900. The van der Waals surface area contributed by atoms with Crippen LogP contribution < -0.4 is 0 Å². The quantitative estimate of drug-likeness (QED) is 0.603. The van der Waals surface area contributed by atoms with Gasteiger partial charge < -0.3 is 9.80 Å². The van der Waals surface area contributed by atoms with Crippen LogP contribution in [-0.2, 0) is 0 Å². The standard InChI is InChI=1S/C10H18N2O/c1-11(2)10(13)12-7-3-4-9(12)8-5-6-8/h8-9H,3-7H2,1-2H3. The zero-order valence-electron chi connectivity index (χ0n) is 8.49. The first kappa shape index (κ1) is 8.85. The van der Waals surface area contributed by atoms with E-state index in [1.807, 2.05) is 14.1 Å². The first-order valence-electron chi connectivity index (χ1n) is 5.18. The second kappa shape index (κ2) is 3.20. The molecule has 2 aliphatic rings. The summed E-state index contributed by atoms with van der Waals surface area (Å²) < 4.78 is 0. The van der Waals surface area contributed by atoms with E-state index in [1.54, 1.807) is 4.90 Å². The lowest BCUT2D eigenvalue weighted by atomic mass is 10.1. The Morgan fingerprint density at radius 1 is 1.31 bits per heavy atom. The van der Waals surface area contributed by atoms with E-state index in [9.17, 15) is 4.79 Å². The van der Waals surface area contributed by atoms with Crippen molar-refractivity contribution < 1.29 is 4.79 Å². The third-order valence-electron chi connectivity index (χ3n) is 3.09. The van der Waals surface area contributed by atoms with Crippen molar-refractivity contribution in [3.8, 4) is 0 Å². The summed E-state index contributed by atoms with van der Waals surface area (Å²) in [5, 5.41) is 0. The third kappa shape index (κ3) is 1.64. The monoisotopic (exact) mass is 182 g/mol. The van der Waals surface area contributed by atoms with Crippen LogP contribution in [0.4, 0.5) is 4.79 Å². The third-order valence-corrected chi connectivity index (χ3v) is 3.09. The molecule has 3 heteroatoms. The van der Waals surface area contributed by atoms with Gasteiger partial charge in [-0.3, -0.25) is 0 Å². The maximum absolute atomic E-state index is 11.7. The topological polar surface area (TPSA) is 23.6 Å². The molecule has 0 radical (unpaired) electrons. The van der Waals surface area contributed by atoms with Crippen molar-refractivity contribution in [2.75, 3.05) is 20.6 Å². The zero-order valence-corrected chi connectivity index (χ0v) is 8.49. The Morgan fingerprint density at radius 2 is 2.00 bits per heavy atom. The predicted octanol–water partition coefficient (Wildman–Crippen LogP) is 1.54. The van der Waals surface area contributed by atoms with Crippen LogP contribution in [0.25, 0.3) is 0 Å². The highest BCUT2D eigenvalue weighted by atomic mass is 16.2. The van der Waals surface area contributed by atoms with Crippen molar-refractivity contribution in [1.82, 2.24) is 9.80 Å². The number of rotatable bonds is 1. The average Bonchev–Trinajstić information content (AvgIpc) is 2.83. The van der Waals surface area contributed by atoms with Gasteiger partial charge in [-0.1, -0.05) is 0 Å². The van der Waals surface area contributed by atoms with E-state index in [0.29, 0.717) is 6.04 Å². The number of carbonyl (C=O) groups excluding carboxylic acids is 1. The molecule has 1 heterocycles. The van der Waals surface area contributed by atoms with E-state index < -0.39 is 0 Å². The smallest absolute Gasteiger partial charge is 0.319 e. The number of hydrogen-bond donors (Lipinski definition) is 0. The summed E-state index contributed by atoms with van der Waals surface area (Å²) in [6.07, 6.45) is 5.09. The Bertz CT molecular complexity index is 211. The molecule has 0 N–H and O–H groups in total. The highest BCUT2D eigenvalue weighted by Crippen LogP contribution is 2.40. The van der Waals surface area contributed by atoms with Crippen molar-refractivity contribution in [1.29, 1.82) is 0 Å². The molecule has 0 spiro atoms. The van der Waals surface area contributed by atoms with Crippen molar-refractivity contribution in [2.24, 2.45) is 5.92 Å². The maximum atomic E-state index is 11.7. The van der Waals surface area contributed by atoms with Gasteiger partial charge in [0, 0.05) is 26.7 Å². The zero-order chi connectivity index (χ0) is 9.42. The van der Waals surface area contributed by atoms with Gasteiger partial charge in [0.05, 0.1) is 0 Å². The Kier molecular flexibility index (Phi) is 2.18. The molecule has 74 valence electrons. The molecular formula is C10H18N2O. The summed E-state index contributed by atoms with van der Waals surface area (Å²) in [4.78, 5) is 15.5. The van der Waals surface area contributed by atoms with Crippen LogP contribution in [-0.4, -0.2) is 42.5 Å². The summed E-state index contributed by atoms with van der Waals surface area (Å²) in [5.41, 5.74) is 0. The molecule has 0 aromatic heterocycles. The molecule has 0 aromatic carbocycles. The predicted molar refractivity (Wildman–Crippen MR) is 51.5 cm³/mol. The maximum Gasteiger partial charge on any atom is 0.319 e. The van der Waals surface area contributed by atoms with Gasteiger partial charge in [-0.2, -0.15) is 0 Å².